The molecule has 0 radical (unpaired) electrons. The highest BCUT2D eigenvalue weighted by Crippen LogP contribution is 2.44. The lowest BCUT2D eigenvalue weighted by atomic mass is 9.68. The zero-order valence-electron chi connectivity index (χ0n) is 12.5. The summed E-state index contributed by atoms with van der Waals surface area (Å²) < 4.78 is 5.44. The number of nitrogens with zero attached hydrogens (tertiary/aromatic N) is 1. The van der Waals surface area contributed by atoms with Gasteiger partial charge in [0.05, 0.1) is 6.10 Å². The molecular formula is C16H30N2O. The van der Waals surface area contributed by atoms with Crippen molar-refractivity contribution in [2.75, 3.05) is 33.3 Å². The van der Waals surface area contributed by atoms with Crippen LogP contribution in [-0.2, 0) is 4.74 Å². The Hall–Kier alpha value is -0.120. The first-order valence-electron chi connectivity index (χ1n) is 8.28. The lowest BCUT2D eigenvalue weighted by molar-refractivity contribution is 0.0621. The molecule has 2 saturated heterocycles. The molecule has 2 heterocycles. The first-order valence-corrected chi connectivity index (χ1v) is 8.28. The normalized spacial score (nSPS) is 35.8. The minimum atomic E-state index is 0.444. The lowest BCUT2D eigenvalue weighted by Gasteiger charge is -2.44. The Labute approximate surface area is 118 Å². The van der Waals surface area contributed by atoms with Gasteiger partial charge >= 0.3 is 0 Å². The summed E-state index contributed by atoms with van der Waals surface area (Å²) in [4.78, 5) is 2.69. The van der Waals surface area contributed by atoms with Gasteiger partial charge in [-0.1, -0.05) is 19.3 Å². The summed E-state index contributed by atoms with van der Waals surface area (Å²) in [5.41, 5.74) is 0.743. The molecule has 19 heavy (non-hydrogen) atoms. The van der Waals surface area contributed by atoms with Gasteiger partial charge in [-0.05, 0) is 50.6 Å². The minimum absolute atomic E-state index is 0.444. The zero-order chi connectivity index (χ0) is 13.1. The van der Waals surface area contributed by atoms with Crippen LogP contribution in [0.5, 0.6) is 0 Å². The predicted molar refractivity (Wildman–Crippen MR) is 78.4 cm³/mol. The third-order valence-electron chi connectivity index (χ3n) is 5.82. The SMILES string of the molecule is COC1CNC(CN2CCC3(CCCCC3)CC2)C1. The molecule has 0 amide bonds. The van der Waals surface area contributed by atoms with Gasteiger partial charge in [0.25, 0.3) is 0 Å². The number of hydrogen-bond donors (Lipinski definition) is 1. The van der Waals surface area contributed by atoms with E-state index in [-0.39, 0.29) is 0 Å². The maximum Gasteiger partial charge on any atom is 0.0711 e. The number of ether oxygens (including phenoxy) is 1. The van der Waals surface area contributed by atoms with Crippen LogP contribution in [0.3, 0.4) is 0 Å². The Morgan fingerprint density at radius 1 is 1.11 bits per heavy atom. The topological polar surface area (TPSA) is 24.5 Å². The van der Waals surface area contributed by atoms with Crippen LogP contribution >= 0.6 is 0 Å². The van der Waals surface area contributed by atoms with Crippen LogP contribution in [0.1, 0.15) is 51.4 Å². The summed E-state index contributed by atoms with van der Waals surface area (Å²) in [6.45, 7) is 4.93. The van der Waals surface area contributed by atoms with Gasteiger partial charge in [0.2, 0.25) is 0 Å². The van der Waals surface area contributed by atoms with Crippen LogP contribution in [0.15, 0.2) is 0 Å². The molecule has 110 valence electrons. The molecule has 0 aromatic carbocycles. The van der Waals surface area contributed by atoms with E-state index in [9.17, 15) is 0 Å². The highest BCUT2D eigenvalue weighted by Gasteiger charge is 2.36. The number of methoxy groups -OCH3 is 1. The number of hydrogen-bond acceptors (Lipinski definition) is 3. The van der Waals surface area contributed by atoms with Crippen molar-refractivity contribution in [3.05, 3.63) is 0 Å². The summed E-state index contributed by atoms with van der Waals surface area (Å²) >= 11 is 0. The molecule has 1 N–H and O–H groups in total. The fraction of sp³-hybridized carbons (Fsp3) is 1.00. The van der Waals surface area contributed by atoms with Gasteiger partial charge < -0.3 is 15.0 Å². The van der Waals surface area contributed by atoms with Gasteiger partial charge in [0.15, 0.2) is 0 Å². The molecule has 0 bridgehead atoms. The fourth-order valence-electron chi connectivity index (χ4n) is 4.42. The summed E-state index contributed by atoms with van der Waals surface area (Å²) in [5.74, 6) is 0. The maximum absolute atomic E-state index is 5.44. The molecule has 3 nitrogen and oxygen atoms in total. The summed E-state index contributed by atoms with van der Waals surface area (Å²) in [5, 5.41) is 3.61. The van der Waals surface area contributed by atoms with E-state index in [2.05, 4.69) is 10.2 Å². The Morgan fingerprint density at radius 2 is 1.84 bits per heavy atom. The molecule has 3 heteroatoms. The lowest BCUT2D eigenvalue weighted by Crippen LogP contribution is -2.45. The van der Waals surface area contributed by atoms with Crippen molar-refractivity contribution in [2.24, 2.45) is 5.41 Å². The van der Waals surface area contributed by atoms with Crippen molar-refractivity contribution >= 4 is 0 Å². The summed E-state index contributed by atoms with van der Waals surface area (Å²) in [6.07, 6.45) is 12.0. The molecule has 3 aliphatic rings. The van der Waals surface area contributed by atoms with E-state index in [1.807, 2.05) is 7.11 Å². The monoisotopic (exact) mass is 266 g/mol. The van der Waals surface area contributed by atoms with Gasteiger partial charge in [-0.3, -0.25) is 0 Å². The van der Waals surface area contributed by atoms with Crippen molar-refractivity contribution in [3.8, 4) is 0 Å². The van der Waals surface area contributed by atoms with Gasteiger partial charge in [0, 0.05) is 26.2 Å². The first-order chi connectivity index (χ1) is 9.30. The van der Waals surface area contributed by atoms with Gasteiger partial charge in [0.1, 0.15) is 0 Å². The van der Waals surface area contributed by atoms with Crippen LogP contribution in [0.4, 0.5) is 0 Å². The van der Waals surface area contributed by atoms with Crippen LogP contribution in [0, 0.1) is 5.41 Å². The highest BCUT2D eigenvalue weighted by atomic mass is 16.5. The third kappa shape index (κ3) is 3.32. The average molecular weight is 266 g/mol. The molecule has 2 aliphatic heterocycles. The minimum Gasteiger partial charge on any atom is -0.380 e. The molecule has 1 aliphatic carbocycles. The second kappa shape index (κ2) is 6.11. The fourth-order valence-corrected chi connectivity index (χ4v) is 4.42. The molecule has 2 unspecified atom stereocenters. The van der Waals surface area contributed by atoms with E-state index in [1.165, 1.54) is 71.0 Å². The highest BCUT2D eigenvalue weighted by molar-refractivity contribution is 4.91. The van der Waals surface area contributed by atoms with Gasteiger partial charge in [-0.25, -0.2) is 0 Å². The van der Waals surface area contributed by atoms with Crippen LogP contribution < -0.4 is 5.32 Å². The number of nitrogens with one attached hydrogen (secondary N) is 1. The largest absolute Gasteiger partial charge is 0.380 e. The summed E-state index contributed by atoms with van der Waals surface area (Å²) in [6, 6.07) is 0.658. The Kier molecular flexibility index (Phi) is 4.45. The molecule has 0 aromatic rings. The first kappa shape index (κ1) is 13.8. The van der Waals surface area contributed by atoms with Gasteiger partial charge in [-0.2, -0.15) is 0 Å². The second-order valence-corrected chi connectivity index (χ2v) is 7.06. The van der Waals surface area contributed by atoms with Crippen molar-refractivity contribution in [1.82, 2.24) is 10.2 Å². The van der Waals surface area contributed by atoms with E-state index in [1.54, 1.807) is 0 Å². The maximum atomic E-state index is 5.44. The van der Waals surface area contributed by atoms with Crippen LogP contribution in [0.25, 0.3) is 0 Å². The molecular weight excluding hydrogens is 236 g/mol. The molecule has 2 atom stereocenters. The van der Waals surface area contributed by atoms with E-state index in [0.29, 0.717) is 12.1 Å². The Balaban J connectivity index is 1.43. The van der Waals surface area contributed by atoms with E-state index in [0.717, 1.165) is 12.0 Å². The molecule has 0 aromatic heterocycles. The average Bonchev–Trinajstić information content (AvgIpc) is 2.90. The predicted octanol–water partition coefficient (Wildman–Crippen LogP) is 2.41. The van der Waals surface area contributed by atoms with Gasteiger partial charge in [-0.15, -0.1) is 0 Å². The quantitative estimate of drug-likeness (QED) is 0.849. The molecule has 1 saturated carbocycles. The zero-order valence-corrected chi connectivity index (χ0v) is 12.5. The number of rotatable bonds is 3. The molecule has 3 rings (SSSR count). The third-order valence-corrected chi connectivity index (χ3v) is 5.82. The van der Waals surface area contributed by atoms with Crippen LogP contribution in [0.2, 0.25) is 0 Å². The number of likely N-dealkylation sites (tertiary alicyclic amines) is 1. The number of piperidine rings is 1. The molecule has 3 fully saturated rings. The van der Waals surface area contributed by atoms with E-state index >= 15 is 0 Å². The van der Waals surface area contributed by atoms with E-state index in [4.69, 9.17) is 4.74 Å². The Bertz CT molecular complexity index is 278. The summed E-state index contributed by atoms with van der Waals surface area (Å²) in [7, 11) is 1.84. The van der Waals surface area contributed by atoms with E-state index < -0.39 is 0 Å². The standard InChI is InChI=1S/C16H30N2O/c1-19-15-11-14(17-12-15)13-18-9-7-16(8-10-18)5-3-2-4-6-16/h14-15,17H,2-13H2,1H3. The Morgan fingerprint density at radius 3 is 2.47 bits per heavy atom. The van der Waals surface area contributed by atoms with Crippen molar-refractivity contribution in [1.29, 1.82) is 0 Å². The van der Waals surface area contributed by atoms with Crippen molar-refractivity contribution in [3.63, 3.8) is 0 Å². The molecule has 1 spiro atoms. The smallest absolute Gasteiger partial charge is 0.0711 e. The second-order valence-electron chi connectivity index (χ2n) is 7.06. The van der Waals surface area contributed by atoms with Crippen molar-refractivity contribution in [2.45, 2.75) is 63.5 Å². The van der Waals surface area contributed by atoms with Crippen molar-refractivity contribution < 1.29 is 4.74 Å². The van der Waals surface area contributed by atoms with Crippen LogP contribution in [-0.4, -0.2) is 50.3 Å².